The van der Waals surface area contributed by atoms with E-state index in [0.29, 0.717) is 5.56 Å². The van der Waals surface area contributed by atoms with Gasteiger partial charge in [0.2, 0.25) is 0 Å². The van der Waals surface area contributed by atoms with Crippen LogP contribution in [0.1, 0.15) is 5.56 Å². The Morgan fingerprint density at radius 3 is 2.50 bits per heavy atom. The Morgan fingerprint density at radius 1 is 1.36 bits per heavy atom. The van der Waals surface area contributed by atoms with Gasteiger partial charge < -0.3 is 4.55 Å². The molecule has 0 aromatic heterocycles. The van der Waals surface area contributed by atoms with Crippen LogP contribution in [0, 0.1) is 0 Å². The van der Waals surface area contributed by atoms with E-state index in [-0.39, 0.29) is 11.4 Å². The van der Waals surface area contributed by atoms with Gasteiger partial charge in [-0.25, -0.2) is 0 Å². The molecular weight excluding hydrogens is 215 g/mol. The molecule has 6 heteroatoms. The smallest absolute Gasteiger partial charge is 0.578 e. The van der Waals surface area contributed by atoms with E-state index in [2.05, 4.69) is 0 Å². The summed E-state index contributed by atoms with van der Waals surface area (Å²) in [4.78, 5) is -0.303. The van der Waals surface area contributed by atoms with Crippen molar-refractivity contribution in [3.8, 4) is 0 Å². The second-order valence-corrected chi connectivity index (χ2v) is 4.01. The Balaban J connectivity index is 2.95. The van der Waals surface area contributed by atoms with Crippen molar-refractivity contribution >= 4 is 11.2 Å². The number of benzene rings is 1. The van der Waals surface area contributed by atoms with Gasteiger partial charge in [0.25, 0.3) is 0 Å². The SMILES string of the molecule is [NH]Cc1cccc([S+]([O-])C(F)(F)F)c1. The van der Waals surface area contributed by atoms with Gasteiger partial charge >= 0.3 is 5.51 Å². The van der Waals surface area contributed by atoms with Crippen LogP contribution in [0.2, 0.25) is 0 Å². The van der Waals surface area contributed by atoms with Crippen LogP contribution >= 0.6 is 0 Å². The highest BCUT2D eigenvalue weighted by molar-refractivity contribution is 7.92. The summed E-state index contributed by atoms with van der Waals surface area (Å²) in [5, 5.41) is 0. The first-order valence-corrected chi connectivity index (χ1v) is 4.82. The zero-order valence-electron chi connectivity index (χ0n) is 6.97. The summed E-state index contributed by atoms with van der Waals surface area (Å²) in [6.45, 7) is -0.122. The van der Waals surface area contributed by atoms with Gasteiger partial charge in [0.15, 0.2) is 4.90 Å². The molecule has 1 aromatic rings. The Hall–Kier alpha value is -0.720. The first kappa shape index (κ1) is 11.4. The second-order valence-electron chi connectivity index (χ2n) is 2.54. The van der Waals surface area contributed by atoms with Gasteiger partial charge in [-0.05, 0) is 17.7 Å². The summed E-state index contributed by atoms with van der Waals surface area (Å²) >= 11 is -3.00. The lowest BCUT2D eigenvalue weighted by molar-refractivity contribution is -0.0435. The van der Waals surface area contributed by atoms with Crippen LogP contribution in [0.3, 0.4) is 0 Å². The number of hydrogen-bond donors (Lipinski definition) is 0. The first-order valence-electron chi connectivity index (χ1n) is 3.67. The number of nitrogens with one attached hydrogen (secondary N) is 1. The molecule has 0 heterocycles. The van der Waals surface area contributed by atoms with E-state index >= 15 is 0 Å². The highest BCUT2D eigenvalue weighted by Gasteiger charge is 2.45. The first-order chi connectivity index (χ1) is 6.45. The molecule has 1 N–H and O–H groups in total. The molecule has 1 radical (unpaired) electrons. The monoisotopic (exact) mass is 222 g/mol. The molecule has 77 valence electrons. The average Bonchev–Trinajstić information content (AvgIpc) is 2.15. The lowest BCUT2D eigenvalue weighted by Gasteiger charge is -2.12. The maximum absolute atomic E-state index is 12.0. The van der Waals surface area contributed by atoms with E-state index in [0.717, 1.165) is 12.1 Å². The molecular formula is C8H7F3NOS. The van der Waals surface area contributed by atoms with Crippen molar-refractivity contribution in [3.63, 3.8) is 0 Å². The molecule has 0 saturated heterocycles. The van der Waals surface area contributed by atoms with E-state index < -0.39 is 16.7 Å². The van der Waals surface area contributed by atoms with E-state index in [9.17, 15) is 17.7 Å². The standard InChI is InChI=1S/C8H7F3NOS/c9-8(10,11)14(13)7-3-1-2-6(4-7)5-12/h1-4,12H,5H2. The van der Waals surface area contributed by atoms with Gasteiger partial charge in [-0.2, -0.15) is 0 Å². The molecule has 1 unspecified atom stereocenters. The van der Waals surface area contributed by atoms with Crippen molar-refractivity contribution in [3.05, 3.63) is 29.8 Å². The van der Waals surface area contributed by atoms with E-state index in [1.807, 2.05) is 0 Å². The predicted molar refractivity (Wildman–Crippen MR) is 45.7 cm³/mol. The molecule has 0 aliphatic rings. The molecule has 0 aliphatic carbocycles. The lowest BCUT2D eigenvalue weighted by Crippen LogP contribution is -2.23. The van der Waals surface area contributed by atoms with Crippen molar-refractivity contribution in [2.24, 2.45) is 0 Å². The highest BCUT2D eigenvalue weighted by Crippen LogP contribution is 2.30. The number of hydrogen-bond acceptors (Lipinski definition) is 1. The summed E-state index contributed by atoms with van der Waals surface area (Å²) < 4.78 is 46.9. The molecule has 0 amide bonds. The van der Waals surface area contributed by atoms with Crippen LogP contribution < -0.4 is 5.73 Å². The summed E-state index contributed by atoms with van der Waals surface area (Å²) in [5.74, 6) is 0. The molecule has 14 heavy (non-hydrogen) atoms. The second kappa shape index (κ2) is 4.20. The van der Waals surface area contributed by atoms with E-state index in [4.69, 9.17) is 5.73 Å². The fraction of sp³-hybridized carbons (Fsp3) is 0.250. The molecule has 0 saturated carbocycles. The van der Waals surface area contributed by atoms with Gasteiger partial charge in [-0.3, -0.25) is 5.73 Å². The highest BCUT2D eigenvalue weighted by atomic mass is 32.2. The van der Waals surface area contributed by atoms with Crippen molar-refractivity contribution in [2.45, 2.75) is 16.9 Å². The number of rotatable bonds is 2. The van der Waals surface area contributed by atoms with Crippen molar-refractivity contribution in [2.75, 3.05) is 0 Å². The van der Waals surface area contributed by atoms with E-state index in [1.165, 1.54) is 12.1 Å². The molecule has 0 spiro atoms. The average molecular weight is 222 g/mol. The van der Waals surface area contributed by atoms with Gasteiger partial charge in [0.05, 0.1) is 11.2 Å². The zero-order valence-corrected chi connectivity index (χ0v) is 7.78. The largest absolute Gasteiger partial charge is 0.604 e. The van der Waals surface area contributed by atoms with Crippen molar-refractivity contribution in [1.29, 1.82) is 0 Å². The fourth-order valence-electron chi connectivity index (χ4n) is 0.904. The molecule has 1 rings (SSSR count). The summed E-state index contributed by atoms with van der Waals surface area (Å²) in [7, 11) is 0. The minimum atomic E-state index is -4.74. The predicted octanol–water partition coefficient (Wildman–Crippen LogP) is 2.10. The van der Waals surface area contributed by atoms with Crippen molar-refractivity contribution in [1.82, 2.24) is 5.73 Å². The van der Waals surface area contributed by atoms with Crippen LogP contribution in [0.5, 0.6) is 0 Å². The molecule has 2 nitrogen and oxygen atoms in total. The Morgan fingerprint density at radius 2 is 2.00 bits per heavy atom. The summed E-state index contributed by atoms with van der Waals surface area (Å²) in [6, 6.07) is 5.16. The molecule has 0 aliphatic heterocycles. The molecule has 0 fully saturated rings. The van der Waals surface area contributed by atoms with Crippen LogP contribution in [0.4, 0.5) is 13.2 Å². The topological polar surface area (TPSA) is 46.9 Å². The Bertz CT molecular complexity index is 316. The third-order valence-electron chi connectivity index (χ3n) is 1.53. The fourth-order valence-corrected chi connectivity index (χ4v) is 1.63. The van der Waals surface area contributed by atoms with Crippen LogP contribution in [-0.2, 0) is 17.7 Å². The van der Waals surface area contributed by atoms with Crippen molar-refractivity contribution < 1.29 is 17.7 Å². The third kappa shape index (κ3) is 2.63. The summed E-state index contributed by atoms with van der Waals surface area (Å²) in [5.41, 5.74) is 2.64. The zero-order chi connectivity index (χ0) is 10.8. The van der Waals surface area contributed by atoms with E-state index in [1.54, 1.807) is 0 Å². The summed E-state index contributed by atoms with van der Waals surface area (Å²) in [6.07, 6.45) is 0. The Kier molecular flexibility index (Phi) is 3.41. The minimum absolute atomic E-state index is 0.122. The Labute approximate surface area is 82.1 Å². The lowest BCUT2D eigenvalue weighted by atomic mass is 10.2. The van der Waals surface area contributed by atoms with Gasteiger partial charge in [0.1, 0.15) is 0 Å². The third-order valence-corrected chi connectivity index (χ3v) is 2.63. The van der Waals surface area contributed by atoms with Gasteiger partial charge in [-0.15, -0.1) is 13.2 Å². The quantitative estimate of drug-likeness (QED) is 0.707. The van der Waals surface area contributed by atoms with Crippen LogP contribution in [0.25, 0.3) is 0 Å². The number of halogens is 3. The normalized spacial score (nSPS) is 14.1. The van der Waals surface area contributed by atoms with Gasteiger partial charge in [0, 0.05) is 6.54 Å². The van der Waals surface area contributed by atoms with Crippen LogP contribution in [0.15, 0.2) is 29.2 Å². The number of alkyl halides is 3. The molecule has 1 aromatic carbocycles. The van der Waals surface area contributed by atoms with Crippen LogP contribution in [-0.4, -0.2) is 10.1 Å². The maximum Gasteiger partial charge on any atom is 0.578 e. The minimum Gasteiger partial charge on any atom is -0.604 e. The van der Waals surface area contributed by atoms with Gasteiger partial charge in [-0.1, -0.05) is 12.1 Å². The maximum atomic E-state index is 12.0. The molecule has 0 bridgehead atoms. The molecule has 1 atom stereocenters.